The molecule has 1 aliphatic rings. The fourth-order valence-corrected chi connectivity index (χ4v) is 4.50. The number of hydrogen-bond acceptors (Lipinski definition) is 6. The van der Waals surface area contributed by atoms with E-state index in [-0.39, 0.29) is 53.9 Å². The van der Waals surface area contributed by atoms with E-state index in [1.54, 1.807) is 6.07 Å². The molecule has 3 rings (SSSR count). The number of morpholine rings is 1. The van der Waals surface area contributed by atoms with Gasteiger partial charge in [-0.05, 0) is 18.2 Å². The number of ether oxygens (including phenoxy) is 3. The van der Waals surface area contributed by atoms with E-state index in [0.717, 1.165) is 0 Å². The largest absolute Gasteiger partial charge is 0.496 e. The molecule has 1 N–H and O–H groups in total. The average Bonchev–Trinajstić information content (AvgIpc) is 2.74. The molecule has 10 heteroatoms. The second-order valence-electron chi connectivity index (χ2n) is 6.15. The molecule has 0 aliphatic carbocycles. The van der Waals surface area contributed by atoms with Gasteiger partial charge in [-0.25, -0.2) is 12.8 Å². The van der Waals surface area contributed by atoms with Gasteiger partial charge in [0.1, 0.15) is 22.2 Å². The number of nitrogens with one attached hydrogen (secondary N) is 1. The van der Waals surface area contributed by atoms with Gasteiger partial charge in [0.15, 0.2) is 0 Å². The molecule has 0 saturated carbocycles. The van der Waals surface area contributed by atoms with E-state index in [4.69, 9.17) is 14.2 Å². The monoisotopic (exact) mass is 424 g/mol. The first kappa shape index (κ1) is 21.0. The SMILES string of the molecule is COc1cc(OC)c(S(=O)(=O)N2CCOCC2)cc1C(=O)Nc1ccccc1F. The third kappa shape index (κ3) is 4.34. The Hall–Kier alpha value is -2.69. The van der Waals surface area contributed by atoms with Crippen LogP contribution in [0.3, 0.4) is 0 Å². The number of amides is 1. The van der Waals surface area contributed by atoms with Gasteiger partial charge >= 0.3 is 0 Å². The topological polar surface area (TPSA) is 94.2 Å². The lowest BCUT2D eigenvalue weighted by Gasteiger charge is -2.27. The molecular weight excluding hydrogens is 403 g/mol. The number of para-hydroxylation sites is 1. The summed E-state index contributed by atoms with van der Waals surface area (Å²) < 4.78 is 57.0. The fraction of sp³-hybridized carbons (Fsp3) is 0.316. The zero-order valence-corrected chi connectivity index (χ0v) is 16.8. The van der Waals surface area contributed by atoms with Crippen molar-refractivity contribution in [2.75, 3.05) is 45.8 Å². The zero-order chi connectivity index (χ0) is 21.0. The van der Waals surface area contributed by atoms with Crippen LogP contribution in [0.1, 0.15) is 10.4 Å². The Morgan fingerprint density at radius 2 is 1.76 bits per heavy atom. The summed E-state index contributed by atoms with van der Waals surface area (Å²) >= 11 is 0. The Labute approximate surface area is 168 Å². The van der Waals surface area contributed by atoms with Crippen molar-refractivity contribution in [3.8, 4) is 11.5 Å². The molecule has 1 amide bonds. The molecule has 29 heavy (non-hydrogen) atoms. The molecule has 1 saturated heterocycles. The van der Waals surface area contributed by atoms with Crippen LogP contribution < -0.4 is 14.8 Å². The van der Waals surface area contributed by atoms with E-state index in [1.807, 2.05) is 0 Å². The van der Waals surface area contributed by atoms with Crippen molar-refractivity contribution in [3.05, 3.63) is 47.8 Å². The number of rotatable bonds is 6. The average molecular weight is 424 g/mol. The Kier molecular flexibility index (Phi) is 6.36. The van der Waals surface area contributed by atoms with Gasteiger partial charge in [0, 0.05) is 19.2 Å². The Balaban J connectivity index is 2.04. The maximum atomic E-state index is 13.9. The number of nitrogens with zero attached hydrogens (tertiary/aromatic N) is 1. The molecule has 1 fully saturated rings. The quantitative estimate of drug-likeness (QED) is 0.764. The van der Waals surface area contributed by atoms with Crippen molar-refractivity contribution in [1.82, 2.24) is 4.31 Å². The number of anilines is 1. The summed E-state index contributed by atoms with van der Waals surface area (Å²) in [5, 5.41) is 2.43. The van der Waals surface area contributed by atoms with E-state index in [1.165, 1.54) is 48.9 Å². The second-order valence-corrected chi connectivity index (χ2v) is 8.06. The van der Waals surface area contributed by atoms with E-state index in [9.17, 15) is 17.6 Å². The minimum atomic E-state index is -3.95. The van der Waals surface area contributed by atoms with Gasteiger partial charge in [-0.3, -0.25) is 4.79 Å². The van der Waals surface area contributed by atoms with Crippen molar-refractivity contribution in [1.29, 1.82) is 0 Å². The van der Waals surface area contributed by atoms with Gasteiger partial charge in [0.25, 0.3) is 5.91 Å². The van der Waals surface area contributed by atoms with Crippen molar-refractivity contribution >= 4 is 21.6 Å². The highest BCUT2D eigenvalue weighted by atomic mass is 32.2. The van der Waals surface area contributed by atoms with Gasteiger partial charge in [0.05, 0.1) is 38.7 Å². The number of halogens is 1. The molecule has 2 aromatic rings. The van der Waals surface area contributed by atoms with Crippen LogP contribution >= 0.6 is 0 Å². The standard InChI is InChI=1S/C19H21FN2O6S/c1-26-16-12-17(27-2)18(29(24,25)22-7-9-28-10-8-22)11-13(16)19(23)21-15-6-4-3-5-14(15)20/h3-6,11-12H,7-10H2,1-2H3,(H,21,23). The summed E-state index contributed by atoms with van der Waals surface area (Å²) in [5.74, 6) is -1.20. The predicted molar refractivity (Wildman–Crippen MR) is 103 cm³/mol. The molecule has 156 valence electrons. The lowest BCUT2D eigenvalue weighted by atomic mass is 10.1. The molecule has 0 spiro atoms. The summed E-state index contributed by atoms with van der Waals surface area (Å²) in [6.45, 7) is 0.930. The normalized spacial score (nSPS) is 15.0. The highest BCUT2D eigenvalue weighted by Crippen LogP contribution is 2.34. The molecule has 0 atom stereocenters. The first-order valence-corrected chi connectivity index (χ1v) is 10.2. The van der Waals surface area contributed by atoms with E-state index in [0.29, 0.717) is 0 Å². The fourth-order valence-electron chi connectivity index (χ4n) is 2.93. The van der Waals surface area contributed by atoms with Crippen LogP contribution in [-0.4, -0.2) is 59.2 Å². The van der Waals surface area contributed by atoms with E-state index >= 15 is 0 Å². The van der Waals surface area contributed by atoms with Gasteiger partial charge in [-0.15, -0.1) is 0 Å². The van der Waals surface area contributed by atoms with Crippen molar-refractivity contribution in [2.45, 2.75) is 4.90 Å². The lowest BCUT2D eigenvalue weighted by Crippen LogP contribution is -2.40. The molecule has 1 heterocycles. The third-order valence-electron chi connectivity index (χ3n) is 4.44. The second kappa shape index (κ2) is 8.76. The maximum absolute atomic E-state index is 13.9. The van der Waals surface area contributed by atoms with Crippen LogP contribution in [0.4, 0.5) is 10.1 Å². The van der Waals surface area contributed by atoms with Gasteiger partial charge in [-0.2, -0.15) is 4.31 Å². The maximum Gasteiger partial charge on any atom is 0.259 e. The van der Waals surface area contributed by atoms with Crippen LogP contribution in [0.25, 0.3) is 0 Å². The number of benzene rings is 2. The molecule has 0 aromatic heterocycles. The summed E-state index contributed by atoms with van der Waals surface area (Å²) in [6.07, 6.45) is 0. The summed E-state index contributed by atoms with van der Waals surface area (Å²) in [5.41, 5.74) is -0.101. The van der Waals surface area contributed by atoms with Crippen LogP contribution in [-0.2, 0) is 14.8 Å². The first-order chi connectivity index (χ1) is 13.9. The predicted octanol–water partition coefficient (Wildman–Crippen LogP) is 2.12. The number of methoxy groups -OCH3 is 2. The Morgan fingerprint density at radius 1 is 1.10 bits per heavy atom. The third-order valence-corrected chi connectivity index (χ3v) is 6.36. The highest BCUT2D eigenvalue weighted by molar-refractivity contribution is 7.89. The molecule has 8 nitrogen and oxygen atoms in total. The van der Waals surface area contributed by atoms with E-state index in [2.05, 4.69) is 5.32 Å². The summed E-state index contributed by atoms with van der Waals surface area (Å²) in [6, 6.07) is 8.16. The number of carbonyl (C=O) groups excluding carboxylic acids is 1. The summed E-state index contributed by atoms with van der Waals surface area (Å²) in [4.78, 5) is 12.6. The molecule has 0 radical (unpaired) electrons. The van der Waals surface area contributed by atoms with Crippen molar-refractivity contribution in [2.24, 2.45) is 0 Å². The highest BCUT2D eigenvalue weighted by Gasteiger charge is 2.31. The van der Waals surface area contributed by atoms with Crippen LogP contribution in [0.5, 0.6) is 11.5 Å². The number of hydrogen-bond donors (Lipinski definition) is 1. The molecule has 2 aromatic carbocycles. The van der Waals surface area contributed by atoms with E-state index < -0.39 is 21.7 Å². The Bertz CT molecular complexity index is 1010. The van der Waals surface area contributed by atoms with Crippen molar-refractivity contribution < 1.29 is 31.8 Å². The van der Waals surface area contributed by atoms with Crippen LogP contribution in [0.15, 0.2) is 41.3 Å². The van der Waals surface area contributed by atoms with Gasteiger partial charge in [0.2, 0.25) is 10.0 Å². The number of sulfonamides is 1. The van der Waals surface area contributed by atoms with Gasteiger partial charge in [-0.1, -0.05) is 12.1 Å². The lowest BCUT2D eigenvalue weighted by molar-refractivity contribution is 0.0729. The van der Waals surface area contributed by atoms with Crippen molar-refractivity contribution in [3.63, 3.8) is 0 Å². The minimum Gasteiger partial charge on any atom is -0.496 e. The first-order valence-electron chi connectivity index (χ1n) is 8.78. The smallest absolute Gasteiger partial charge is 0.259 e. The van der Waals surface area contributed by atoms with Crippen LogP contribution in [0, 0.1) is 5.82 Å². The zero-order valence-electron chi connectivity index (χ0n) is 16.0. The molecule has 1 aliphatic heterocycles. The Morgan fingerprint density at radius 3 is 2.38 bits per heavy atom. The van der Waals surface area contributed by atoms with Gasteiger partial charge < -0.3 is 19.5 Å². The minimum absolute atomic E-state index is 0.0343. The molecule has 0 bridgehead atoms. The molecule has 0 unspecified atom stereocenters. The summed E-state index contributed by atoms with van der Waals surface area (Å²) in [7, 11) is -1.28. The molecular formula is C19H21FN2O6S. The number of carbonyl (C=O) groups is 1. The van der Waals surface area contributed by atoms with Crippen LogP contribution in [0.2, 0.25) is 0 Å².